The van der Waals surface area contributed by atoms with E-state index in [-0.39, 0.29) is 0 Å². The van der Waals surface area contributed by atoms with Crippen LogP contribution in [0.3, 0.4) is 0 Å². The zero-order chi connectivity index (χ0) is 8.69. The molecule has 0 radical (unpaired) electrons. The van der Waals surface area contributed by atoms with Crippen molar-refractivity contribution in [3.05, 3.63) is 24.3 Å². The van der Waals surface area contributed by atoms with E-state index in [4.69, 9.17) is 21.7 Å². The van der Waals surface area contributed by atoms with Crippen LogP contribution in [0.25, 0.3) is 0 Å². The maximum absolute atomic E-state index is 8.35. The summed E-state index contributed by atoms with van der Waals surface area (Å²) in [6.07, 6.45) is 0.750. The van der Waals surface area contributed by atoms with Gasteiger partial charge in [0.25, 0.3) is 0 Å². The number of nitrogens with two attached hydrogens (primary N) is 2. The van der Waals surface area contributed by atoms with E-state index in [2.05, 4.69) is 0 Å². The maximum Gasteiger partial charge on any atom is 0.231 e. The van der Waals surface area contributed by atoms with Crippen molar-refractivity contribution in [2.75, 3.05) is 11.5 Å². The number of isocyanates is 1. The van der Waals surface area contributed by atoms with Gasteiger partial charge in [0.1, 0.15) is 0 Å². The molecule has 0 aliphatic carbocycles. The molecular formula is C7H9N3O. The zero-order valence-electron chi connectivity index (χ0n) is 5.87. The van der Waals surface area contributed by atoms with Gasteiger partial charge < -0.3 is 11.5 Å². The van der Waals surface area contributed by atoms with E-state index >= 15 is 0 Å². The molecule has 0 aliphatic rings. The van der Waals surface area contributed by atoms with Crippen molar-refractivity contribution >= 4 is 17.5 Å². The monoisotopic (exact) mass is 151 g/mol. The molecule has 0 saturated heterocycles. The van der Waals surface area contributed by atoms with Gasteiger partial charge in [-0.3, -0.25) is 0 Å². The van der Waals surface area contributed by atoms with E-state index in [1.54, 1.807) is 12.1 Å². The van der Waals surface area contributed by atoms with E-state index in [1.165, 1.54) is 0 Å². The molecule has 58 valence electrons. The quantitative estimate of drug-likeness (QED) is 0.290. The molecule has 0 atom stereocenters. The lowest BCUT2D eigenvalue weighted by Crippen LogP contribution is -1.91. The molecule has 0 bridgehead atoms. The first kappa shape index (κ1) is 9.20. The zero-order valence-corrected chi connectivity index (χ0v) is 5.87. The highest BCUT2D eigenvalue weighted by Crippen LogP contribution is 2.10. The summed E-state index contributed by atoms with van der Waals surface area (Å²) in [7, 11) is 0. The van der Waals surface area contributed by atoms with Crippen LogP contribution in [0.2, 0.25) is 0 Å². The molecule has 1 aromatic rings. The smallest absolute Gasteiger partial charge is 0.231 e. The highest BCUT2D eigenvalue weighted by Gasteiger charge is 1.85. The molecule has 0 aliphatic heterocycles. The summed E-state index contributed by atoms with van der Waals surface area (Å²) in [6, 6.07) is 7.25. The van der Waals surface area contributed by atoms with Gasteiger partial charge in [0, 0.05) is 0 Å². The van der Waals surface area contributed by atoms with Crippen molar-refractivity contribution < 1.29 is 4.79 Å². The number of hydrogen-bond donors (Lipinski definition) is 3. The van der Waals surface area contributed by atoms with Crippen LogP contribution in [0, 0.1) is 5.41 Å². The van der Waals surface area contributed by atoms with Gasteiger partial charge in [0.05, 0.1) is 11.4 Å². The number of benzene rings is 1. The number of rotatable bonds is 0. The largest absolute Gasteiger partial charge is 0.397 e. The van der Waals surface area contributed by atoms with Crippen LogP contribution >= 0.6 is 0 Å². The summed E-state index contributed by atoms with van der Waals surface area (Å²) in [5.41, 5.74) is 12.1. The molecular weight excluding hydrogens is 142 g/mol. The standard InChI is InChI=1S/C6H8N2.CHNO/c7-5-3-1-2-4-6(5)8;2-1-3/h1-4H,7-8H2;2H. The molecule has 1 aromatic carbocycles. The van der Waals surface area contributed by atoms with Crippen LogP contribution in [0.1, 0.15) is 0 Å². The SMILES string of the molecule is N=C=O.Nc1ccccc1N. The van der Waals surface area contributed by atoms with Crippen molar-refractivity contribution in [2.45, 2.75) is 0 Å². The Labute approximate surface area is 64.3 Å². The molecule has 0 heterocycles. The highest BCUT2D eigenvalue weighted by molar-refractivity contribution is 5.62. The van der Waals surface area contributed by atoms with Crippen molar-refractivity contribution in [1.82, 2.24) is 0 Å². The minimum atomic E-state index is 0.646. The average Bonchev–Trinajstić information content (AvgIpc) is 1.97. The summed E-state index contributed by atoms with van der Waals surface area (Å²) in [4.78, 5) is 8.35. The van der Waals surface area contributed by atoms with Gasteiger partial charge in [0.15, 0.2) is 0 Å². The Morgan fingerprint density at radius 1 is 1.18 bits per heavy atom. The first-order valence-corrected chi connectivity index (χ1v) is 2.86. The number of nitrogen functional groups attached to an aromatic ring is 2. The van der Waals surface area contributed by atoms with Gasteiger partial charge in [-0.15, -0.1) is 0 Å². The molecule has 0 unspecified atom stereocenters. The van der Waals surface area contributed by atoms with E-state index in [9.17, 15) is 0 Å². The summed E-state index contributed by atoms with van der Waals surface area (Å²) in [5.74, 6) is 0. The molecule has 0 aromatic heterocycles. The number of carbonyl (C=O) groups excluding carboxylic acids is 1. The third-order valence-electron chi connectivity index (χ3n) is 0.996. The third kappa shape index (κ3) is 3.72. The fraction of sp³-hybridized carbons (Fsp3) is 0. The Bertz CT molecular complexity index is 233. The summed E-state index contributed by atoms with van der Waals surface area (Å²) >= 11 is 0. The Morgan fingerprint density at radius 2 is 1.45 bits per heavy atom. The second-order valence-corrected chi connectivity index (χ2v) is 1.73. The molecule has 0 saturated carbocycles. The van der Waals surface area contributed by atoms with Gasteiger partial charge in [0.2, 0.25) is 6.08 Å². The minimum absolute atomic E-state index is 0.646. The van der Waals surface area contributed by atoms with Crippen LogP contribution in [0.15, 0.2) is 24.3 Å². The molecule has 4 heteroatoms. The van der Waals surface area contributed by atoms with E-state index in [0.717, 1.165) is 6.08 Å². The van der Waals surface area contributed by atoms with Crippen LogP contribution in [-0.2, 0) is 4.79 Å². The maximum atomic E-state index is 8.35. The fourth-order valence-corrected chi connectivity index (χ4v) is 0.511. The first-order valence-electron chi connectivity index (χ1n) is 2.86. The summed E-state index contributed by atoms with van der Waals surface area (Å²) in [5, 5.41) is 5.40. The lowest BCUT2D eigenvalue weighted by molar-refractivity contribution is 0.563. The normalized spacial score (nSPS) is 7.27. The molecule has 1 rings (SSSR count). The lowest BCUT2D eigenvalue weighted by Gasteiger charge is -1.94. The lowest BCUT2D eigenvalue weighted by atomic mass is 10.3. The van der Waals surface area contributed by atoms with Crippen molar-refractivity contribution in [1.29, 1.82) is 5.41 Å². The first-order chi connectivity index (χ1) is 5.22. The number of hydrogen-bond acceptors (Lipinski definition) is 4. The van der Waals surface area contributed by atoms with Gasteiger partial charge >= 0.3 is 0 Å². The Hall–Kier alpha value is -1.80. The Balaban J connectivity index is 0.000000292. The number of anilines is 2. The van der Waals surface area contributed by atoms with Gasteiger partial charge in [-0.05, 0) is 12.1 Å². The van der Waals surface area contributed by atoms with Gasteiger partial charge in [-0.1, -0.05) is 12.1 Å². The van der Waals surface area contributed by atoms with Gasteiger partial charge in [-0.2, -0.15) is 0 Å². The molecule has 11 heavy (non-hydrogen) atoms. The summed E-state index contributed by atoms with van der Waals surface area (Å²) < 4.78 is 0. The predicted molar refractivity (Wildman–Crippen MR) is 43.7 cm³/mol. The fourth-order valence-electron chi connectivity index (χ4n) is 0.511. The van der Waals surface area contributed by atoms with Crippen LogP contribution in [-0.4, -0.2) is 6.08 Å². The Kier molecular flexibility index (Phi) is 4.20. The van der Waals surface area contributed by atoms with Crippen LogP contribution in [0.4, 0.5) is 11.4 Å². The predicted octanol–water partition coefficient (Wildman–Crippen LogP) is 0.752. The molecule has 5 N–H and O–H groups in total. The van der Waals surface area contributed by atoms with Gasteiger partial charge in [-0.25, -0.2) is 10.2 Å². The summed E-state index contributed by atoms with van der Waals surface area (Å²) in [6.45, 7) is 0. The third-order valence-corrected chi connectivity index (χ3v) is 0.996. The van der Waals surface area contributed by atoms with Crippen LogP contribution < -0.4 is 11.5 Å². The van der Waals surface area contributed by atoms with Crippen molar-refractivity contribution in [2.24, 2.45) is 0 Å². The minimum Gasteiger partial charge on any atom is -0.397 e. The van der Waals surface area contributed by atoms with E-state index < -0.39 is 0 Å². The second kappa shape index (κ2) is 5.02. The topological polar surface area (TPSA) is 93.0 Å². The molecule has 0 spiro atoms. The number of nitrogens with one attached hydrogen (secondary N) is 1. The van der Waals surface area contributed by atoms with Crippen LogP contribution in [0.5, 0.6) is 0 Å². The van der Waals surface area contributed by atoms with E-state index in [1.807, 2.05) is 12.1 Å². The van der Waals surface area contributed by atoms with E-state index in [0.29, 0.717) is 11.4 Å². The molecule has 0 fully saturated rings. The molecule has 4 nitrogen and oxygen atoms in total. The number of para-hydroxylation sites is 2. The average molecular weight is 151 g/mol. The highest BCUT2D eigenvalue weighted by atomic mass is 16.1. The van der Waals surface area contributed by atoms with Crippen molar-refractivity contribution in [3.8, 4) is 0 Å². The van der Waals surface area contributed by atoms with Crippen molar-refractivity contribution in [3.63, 3.8) is 0 Å². The Morgan fingerprint density at radius 3 is 1.64 bits per heavy atom. The second-order valence-electron chi connectivity index (χ2n) is 1.73. The molecule has 0 amide bonds.